The summed E-state index contributed by atoms with van der Waals surface area (Å²) in [5.74, 6) is 0.755. The molecule has 1 aromatic carbocycles. The Bertz CT molecular complexity index is 689. The standard InChI is InChI=1S/C16H19N3O4/c1-10(2)18-15-11(16(20)21)8-17-14(19-15)9-23-13-7-5-4-6-12(13)22-3/h4-8,10H,9H2,1-3H3,(H,20,21)(H,17,18,19). The van der Waals surface area contributed by atoms with E-state index in [0.717, 1.165) is 0 Å². The molecule has 2 N–H and O–H groups in total. The molecule has 0 fully saturated rings. The number of nitrogens with zero attached hydrogens (tertiary/aromatic N) is 2. The summed E-state index contributed by atoms with van der Waals surface area (Å²) in [4.78, 5) is 19.5. The van der Waals surface area contributed by atoms with Crippen LogP contribution < -0.4 is 14.8 Å². The number of hydrogen-bond acceptors (Lipinski definition) is 6. The van der Waals surface area contributed by atoms with Gasteiger partial charge in [-0.2, -0.15) is 0 Å². The van der Waals surface area contributed by atoms with Gasteiger partial charge in [-0.3, -0.25) is 0 Å². The van der Waals surface area contributed by atoms with E-state index in [-0.39, 0.29) is 24.0 Å². The fourth-order valence-electron chi connectivity index (χ4n) is 1.91. The van der Waals surface area contributed by atoms with Crippen LogP contribution in [-0.2, 0) is 6.61 Å². The number of aromatic nitrogens is 2. The normalized spacial score (nSPS) is 10.4. The van der Waals surface area contributed by atoms with Crippen LogP contribution in [-0.4, -0.2) is 34.2 Å². The zero-order valence-electron chi connectivity index (χ0n) is 13.2. The van der Waals surface area contributed by atoms with E-state index < -0.39 is 5.97 Å². The Labute approximate surface area is 134 Å². The van der Waals surface area contributed by atoms with Gasteiger partial charge in [-0.25, -0.2) is 14.8 Å². The molecule has 0 aliphatic carbocycles. The van der Waals surface area contributed by atoms with E-state index in [4.69, 9.17) is 9.47 Å². The van der Waals surface area contributed by atoms with Crippen LogP contribution in [0.2, 0.25) is 0 Å². The molecule has 0 bridgehead atoms. The number of carboxylic acid groups (broad SMARTS) is 1. The van der Waals surface area contributed by atoms with Crippen molar-refractivity contribution in [1.82, 2.24) is 9.97 Å². The van der Waals surface area contributed by atoms with Crippen LogP contribution in [0.1, 0.15) is 30.0 Å². The van der Waals surface area contributed by atoms with Crippen LogP contribution >= 0.6 is 0 Å². The molecule has 1 aromatic heterocycles. The van der Waals surface area contributed by atoms with Gasteiger partial charge in [0.25, 0.3) is 0 Å². The van der Waals surface area contributed by atoms with Gasteiger partial charge in [-0.05, 0) is 26.0 Å². The maximum atomic E-state index is 11.2. The summed E-state index contributed by atoms with van der Waals surface area (Å²) in [6.45, 7) is 3.91. The third kappa shape index (κ3) is 4.32. The molecule has 7 heteroatoms. The van der Waals surface area contributed by atoms with Gasteiger partial charge in [0.15, 0.2) is 17.3 Å². The molecule has 0 spiro atoms. The lowest BCUT2D eigenvalue weighted by atomic mass is 10.3. The maximum Gasteiger partial charge on any atom is 0.341 e. The summed E-state index contributed by atoms with van der Waals surface area (Å²) in [6.07, 6.45) is 1.28. The fraction of sp³-hybridized carbons (Fsp3) is 0.312. The lowest BCUT2D eigenvalue weighted by Crippen LogP contribution is -2.17. The minimum absolute atomic E-state index is 0.0275. The number of anilines is 1. The number of para-hydroxylation sites is 2. The molecule has 122 valence electrons. The molecule has 0 radical (unpaired) electrons. The number of hydrogen-bond donors (Lipinski definition) is 2. The first-order valence-corrected chi connectivity index (χ1v) is 7.12. The van der Waals surface area contributed by atoms with Crippen LogP contribution in [0.4, 0.5) is 5.82 Å². The second-order valence-electron chi connectivity index (χ2n) is 5.09. The van der Waals surface area contributed by atoms with Crippen LogP contribution in [0.5, 0.6) is 11.5 Å². The highest BCUT2D eigenvalue weighted by molar-refractivity contribution is 5.92. The number of ether oxygens (including phenoxy) is 2. The predicted octanol–water partition coefficient (Wildman–Crippen LogP) is 2.58. The van der Waals surface area contributed by atoms with Crippen molar-refractivity contribution in [3.05, 3.63) is 41.9 Å². The van der Waals surface area contributed by atoms with Gasteiger partial charge in [0.1, 0.15) is 18.0 Å². The quantitative estimate of drug-likeness (QED) is 0.810. The summed E-state index contributed by atoms with van der Waals surface area (Å²) < 4.78 is 10.9. The fourth-order valence-corrected chi connectivity index (χ4v) is 1.91. The SMILES string of the molecule is COc1ccccc1OCc1ncc(C(=O)O)c(NC(C)C)n1. The van der Waals surface area contributed by atoms with E-state index in [1.807, 2.05) is 26.0 Å². The number of carboxylic acids is 1. The number of aromatic carboxylic acids is 1. The molecule has 0 atom stereocenters. The Morgan fingerprint density at radius 3 is 2.61 bits per heavy atom. The number of benzene rings is 1. The van der Waals surface area contributed by atoms with Crippen molar-refractivity contribution in [1.29, 1.82) is 0 Å². The largest absolute Gasteiger partial charge is 0.493 e. The summed E-state index contributed by atoms with van der Waals surface area (Å²) >= 11 is 0. The van der Waals surface area contributed by atoms with E-state index in [0.29, 0.717) is 17.3 Å². The average molecular weight is 317 g/mol. The van der Waals surface area contributed by atoms with Gasteiger partial charge in [0.05, 0.1) is 7.11 Å². The van der Waals surface area contributed by atoms with Crippen molar-refractivity contribution in [2.45, 2.75) is 26.5 Å². The van der Waals surface area contributed by atoms with Crippen molar-refractivity contribution < 1.29 is 19.4 Å². The smallest absolute Gasteiger partial charge is 0.341 e. The molecule has 2 rings (SSSR count). The Kier molecular flexibility index (Phi) is 5.35. The van der Waals surface area contributed by atoms with Gasteiger partial charge in [0.2, 0.25) is 0 Å². The number of carbonyl (C=O) groups is 1. The average Bonchev–Trinajstić information content (AvgIpc) is 2.52. The third-order valence-corrected chi connectivity index (χ3v) is 2.92. The van der Waals surface area contributed by atoms with Gasteiger partial charge in [-0.1, -0.05) is 12.1 Å². The summed E-state index contributed by atoms with van der Waals surface area (Å²) in [5.41, 5.74) is 0.0275. The highest BCUT2D eigenvalue weighted by Gasteiger charge is 2.15. The molecule has 0 aliphatic heterocycles. The zero-order chi connectivity index (χ0) is 16.8. The zero-order valence-corrected chi connectivity index (χ0v) is 13.2. The molecule has 1 heterocycles. The Morgan fingerprint density at radius 2 is 2.00 bits per heavy atom. The molecule has 0 aliphatic rings. The minimum Gasteiger partial charge on any atom is -0.493 e. The molecule has 2 aromatic rings. The molecule has 0 unspecified atom stereocenters. The van der Waals surface area contributed by atoms with Crippen LogP contribution in [0.25, 0.3) is 0 Å². The van der Waals surface area contributed by atoms with E-state index >= 15 is 0 Å². The van der Waals surface area contributed by atoms with Crippen molar-refractivity contribution in [2.24, 2.45) is 0 Å². The lowest BCUT2D eigenvalue weighted by molar-refractivity contribution is 0.0697. The molecule has 0 amide bonds. The highest BCUT2D eigenvalue weighted by Crippen LogP contribution is 2.26. The number of nitrogens with one attached hydrogen (secondary N) is 1. The van der Waals surface area contributed by atoms with Gasteiger partial charge in [-0.15, -0.1) is 0 Å². The first-order chi connectivity index (χ1) is 11.0. The summed E-state index contributed by atoms with van der Waals surface area (Å²) in [6, 6.07) is 7.28. The monoisotopic (exact) mass is 317 g/mol. The minimum atomic E-state index is -1.08. The van der Waals surface area contributed by atoms with Crippen LogP contribution in [0.15, 0.2) is 30.5 Å². The third-order valence-electron chi connectivity index (χ3n) is 2.92. The first-order valence-electron chi connectivity index (χ1n) is 7.12. The van der Waals surface area contributed by atoms with Gasteiger partial charge >= 0.3 is 5.97 Å². The number of rotatable bonds is 7. The number of methoxy groups -OCH3 is 1. The lowest BCUT2D eigenvalue weighted by Gasteiger charge is -2.13. The second-order valence-corrected chi connectivity index (χ2v) is 5.09. The van der Waals surface area contributed by atoms with E-state index in [1.165, 1.54) is 6.20 Å². The predicted molar refractivity (Wildman–Crippen MR) is 85.1 cm³/mol. The van der Waals surface area contributed by atoms with Crippen molar-refractivity contribution in [3.8, 4) is 11.5 Å². The highest BCUT2D eigenvalue weighted by atomic mass is 16.5. The molecular weight excluding hydrogens is 298 g/mol. The van der Waals surface area contributed by atoms with Crippen LogP contribution in [0.3, 0.4) is 0 Å². The first kappa shape index (κ1) is 16.5. The van der Waals surface area contributed by atoms with E-state index in [9.17, 15) is 9.90 Å². The Hall–Kier alpha value is -2.83. The van der Waals surface area contributed by atoms with Crippen LogP contribution in [0, 0.1) is 0 Å². The van der Waals surface area contributed by atoms with Gasteiger partial charge in [0, 0.05) is 12.2 Å². The van der Waals surface area contributed by atoms with E-state index in [2.05, 4.69) is 15.3 Å². The molecule has 0 saturated carbocycles. The maximum absolute atomic E-state index is 11.2. The molecule has 23 heavy (non-hydrogen) atoms. The van der Waals surface area contributed by atoms with E-state index in [1.54, 1.807) is 19.2 Å². The van der Waals surface area contributed by atoms with Gasteiger partial charge < -0.3 is 19.9 Å². The Morgan fingerprint density at radius 1 is 1.30 bits per heavy atom. The molecular formula is C16H19N3O4. The van der Waals surface area contributed by atoms with Crippen molar-refractivity contribution in [2.75, 3.05) is 12.4 Å². The molecule has 0 saturated heterocycles. The summed E-state index contributed by atoms with van der Waals surface area (Å²) in [7, 11) is 1.56. The molecule has 7 nitrogen and oxygen atoms in total. The second kappa shape index (κ2) is 7.44. The Balaban J connectivity index is 2.18. The summed E-state index contributed by atoms with van der Waals surface area (Å²) in [5, 5.41) is 12.2. The van der Waals surface area contributed by atoms with Crippen molar-refractivity contribution >= 4 is 11.8 Å². The van der Waals surface area contributed by atoms with Crippen molar-refractivity contribution in [3.63, 3.8) is 0 Å². The topological polar surface area (TPSA) is 93.6 Å².